The zero-order valence-electron chi connectivity index (χ0n) is 9.42. The van der Waals surface area contributed by atoms with E-state index in [1.165, 1.54) is 6.07 Å². The summed E-state index contributed by atoms with van der Waals surface area (Å²) in [6.07, 6.45) is 0. The highest BCUT2D eigenvalue weighted by Crippen LogP contribution is 2.16. The average Bonchev–Trinajstić information content (AvgIpc) is 2.87. The van der Waals surface area contributed by atoms with Gasteiger partial charge in [0, 0.05) is 4.47 Å². The van der Waals surface area contributed by atoms with Gasteiger partial charge in [-0.15, -0.1) is 0 Å². The number of hydrazine groups is 1. The van der Waals surface area contributed by atoms with Crippen molar-refractivity contribution in [3.05, 3.63) is 56.7 Å². The summed E-state index contributed by atoms with van der Waals surface area (Å²) in [5, 5.41) is 10.4. The number of anilines is 1. The van der Waals surface area contributed by atoms with E-state index in [0.29, 0.717) is 5.69 Å². The van der Waals surface area contributed by atoms with Gasteiger partial charge in [-0.05, 0) is 30.3 Å². The Labute approximate surface area is 115 Å². The van der Waals surface area contributed by atoms with Crippen molar-refractivity contribution in [2.45, 2.75) is 0 Å². The van der Waals surface area contributed by atoms with Crippen LogP contribution in [0.25, 0.3) is 0 Å². The first kappa shape index (κ1) is 13.1. The van der Waals surface area contributed by atoms with Crippen molar-refractivity contribution < 1.29 is 14.1 Å². The highest BCUT2D eigenvalue weighted by molar-refractivity contribution is 9.10. The summed E-state index contributed by atoms with van der Waals surface area (Å²) in [6, 6.07) is 9.44. The summed E-state index contributed by atoms with van der Waals surface area (Å²) in [4.78, 5) is 21.3. The van der Waals surface area contributed by atoms with Gasteiger partial charge in [0.05, 0.1) is 11.8 Å². The molecule has 1 aromatic heterocycles. The van der Waals surface area contributed by atoms with E-state index in [-0.39, 0.29) is 5.76 Å². The maximum absolute atomic E-state index is 11.6. The standard InChI is InChI=1S/C11H8BrN3O4/c12-7-1-3-8(4-2-7)13-14-11(16)9-5-6-10(19-9)15(17)18/h1-6,13H,(H,14,16). The largest absolute Gasteiger partial charge is 0.433 e. The third-order valence-electron chi connectivity index (χ3n) is 2.16. The Morgan fingerprint density at radius 1 is 1.21 bits per heavy atom. The highest BCUT2D eigenvalue weighted by Gasteiger charge is 2.16. The Balaban J connectivity index is 1.97. The van der Waals surface area contributed by atoms with Gasteiger partial charge in [-0.3, -0.25) is 25.8 Å². The van der Waals surface area contributed by atoms with E-state index in [9.17, 15) is 14.9 Å². The Hall–Kier alpha value is -2.35. The molecule has 0 bridgehead atoms. The molecular formula is C11H8BrN3O4. The molecule has 2 N–H and O–H groups in total. The lowest BCUT2D eigenvalue weighted by Crippen LogP contribution is -2.28. The fraction of sp³-hybridized carbons (Fsp3) is 0. The molecule has 0 fully saturated rings. The first-order valence-electron chi connectivity index (χ1n) is 5.12. The van der Waals surface area contributed by atoms with Crippen molar-refractivity contribution >= 4 is 33.4 Å². The molecule has 1 heterocycles. The van der Waals surface area contributed by atoms with E-state index in [1.807, 2.05) is 0 Å². The van der Waals surface area contributed by atoms with E-state index in [0.717, 1.165) is 10.5 Å². The van der Waals surface area contributed by atoms with Crippen LogP contribution in [0.3, 0.4) is 0 Å². The quantitative estimate of drug-likeness (QED) is 0.665. The molecule has 98 valence electrons. The molecule has 2 rings (SSSR count). The predicted octanol–water partition coefficient (Wildman–Crippen LogP) is 2.71. The van der Waals surface area contributed by atoms with Gasteiger partial charge >= 0.3 is 11.8 Å². The van der Waals surface area contributed by atoms with Crippen molar-refractivity contribution in [2.75, 3.05) is 5.43 Å². The van der Waals surface area contributed by atoms with Gasteiger partial charge in [0.25, 0.3) is 0 Å². The number of hydrogen-bond acceptors (Lipinski definition) is 5. The minimum Gasteiger partial charge on any atom is -0.395 e. The van der Waals surface area contributed by atoms with Crippen LogP contribution in [0, 0.1) is 10.1 Å². The SMILES string of the molecule is O=C(NNc1ccc(Br)cc1)c1ccc([N+](=O)[O-])o1. The van der Waals surface area contributed by atoms with E-state index in [1.54, 1.807) is 24.3 Å². The predicted molar refractivity (Wildman–Crippen MR) is 70.6 cm³/mol. The summed E-state index contributed by atoms with van der Waals surface area (Å²) in [5.41, 5.74) is 5.69. The second-order valence-electron chi connectivity index (χ2n) is 3.48. The number of nitro groups is 1. The van der Waals surface area contributed by atoms with Crippen LogP contribution in [0.4, 0.5) is 11.6 Å². The van der Waals surface area contributed by atoms with Crippen molar-refractivity contribution in [2.24, 2.45) is 0 Å². The van der Waals surface area contributed by atoms with Gasteiger partial charge in [-0.25, -0.2) is 0 Å². The molecule has 0 aliphatic heterocycles. The molecule has 0 aliphatic carbocycles. The number of carbonyl (C=O) groups is 1. The van der Waals surface area contributed by atoms with Crippen molar-refractivity contribution in [1.29, 1.82) is 0 Å². The van der Waals surface area contributed by atoms with Gasteiger partial charge < -0.3 is 4.42 Å². The zero-order chi connectivity index (χ0) is 13.8. The molecular weight excluding hydrogens is 318 g/mol. The van der Waals surface area contributed by atoms with Gasteiger partial charge in [0.15, 0.2) is 0 Å². The third kappa shape index (κ3) is 3.32. The molecule has 0 radical (unpaired) electrons. The number of furan rings is 1. The van der Waals surface area contributed by atoms with E-state index in [4.69, 9.17) is 4.42 Å². The van der Waals surface area contributed by atoms with Crippen LogP contribution >= 0.6 is 15.9 Å². The number of halogens is 1. The number of hydrogen-bond donors (Lipinski definition) is 2. The molecule has 0 unspecified atom stereocenters. The number of carbonyl (C=O) groups excluding carboxylic acids is 1. The smallest absolute Gasteiger partial charge is 0.395 e. The number of benzene rings is 1. The summed E-state index contributed by atoms with van der Waals surface area (Å²) in [6.45, 7) is 0. The monoisotopic (exact) mass is 325 g/mol. The molecule has 0 spiro atoms. The topological polar surface area (TPSA) is 97.4 Å². The van der Waals surface area contributed by atoms with Gasteiger partial charge in [-0.1, -0.05) is 15.9 Å². The molecule has 0 saturated carbocycles. The van der Waals surface area contributed by atoms with Crippen molar-refractivity contribution in [3.63, 3.8) is 0 Å². The zero-order valence-corrected chi connectivity index (χ0v) is 11.0. The van der Waals surface area contributed by atoms with Gasteiger partial charge in [0.2, 0.25) is 5.76 Å². The number of nitrogens with one attached hydrogen (secondary N) is 2. The maximum atomic E-state index is 11.6. The minimum absolute atomic E-state index is 0.142. The first-order chi connectivity index (χ1) is 9.06. The van der Waals surface area contributed by atoms with Crippen molar-refractivity contribution in [1.82, 2.24) is 5.43 Å². The second-order valence-corrected chi connectivity index (χ2v) is 4.40. The molecule has 1 aromatic carbocycles. The summed E-state index contributed by atoms with van der Waals surface area (Å²) >= 11 is 3.28. The van der Waals surface area contributed by atoms with Crippen LogP contribution in [-0.2, 0) is 0 Å². The molecule has 8 heteroatoms. The lowest BCUT2D eigenvalue weighted by Gasteiger charge is -2.06. The minimum atomic E-state index is -0.709. The van der Waals surface area contributed by atoms with E-state index >= 15 is 0 Å². The van der Waals surface area contributed by atoms with E-state index < -0.39 is 16.7 Å². The Morgan fingerprint density at radius 2 is 1.89 bits per heavy atom. The lowest BCUT2D eigenvalue weighted by molar-refractivity contribution is -0.402. The second kappa shape index (κ2) is 5.53. The lowest BCUT2D eigenvalue weighted by atomic mass is 10.3. The van der Waals surface area contributed by atoms with Crippen molar-refractivity contribution in [3.8, 4) is 0 Å². The third-order valence-corrected chi connectivity index (χ3v) is 2.69. The Kier molecular flexibility index (Phi) is 3.81. The van der Waals surface area contributed by atoms with Crippen LogP contribution in [0.1, 0.15) is 10.6 Å². The molecule has 0 aliphatic rings. The first-order valence-corrected chi connectivity index (χ1v) is 5.92. The fourth-order valence-corrected chi connectivity index (χ4v) is 1.54. The van der Waals surface area contributed by atoms with Crippen LogP contribution in [-0.4, -0.2) is 10.8 Å². The maximum Gasteiger partial charge on any atom is 0.433 e. The Bertz CT molecular complexity index is 609. The summed E-state index contributed by atoms with van der Waals surface area (Å²) < 4.78 is 5.66. The van der Waals surface area contributed by atoms with Gasteiger partial charge in [0.1, 0.15) is 4.92 Å². The number of amides is 1. The molecule has 1 amide bonds. The van der Waals surface area contributed by atoms with E-state index in [2.05, 4.69) is 26.8 Å². The fourth-order valence-electron chi connectivity index (χ4n) is 1.27. The van der Waals surface area contributed by atoms with Gasteiger partial charge in [-0.2, -0.15) is 0 Å². The highest BCUT2D eigenvalue weighted by atomic mass is 79.9. The Morgan fingerprint density at radius 3 is 2.47 bits per heavy atom. The molecule has 7 nitrogen and oxygen atoms in total. The van der Waals surface area contributed by atoms with Crippen LogP contribution < -0.4 is 10.9 Å². The van der Waals surface area contributed by atoms with Crippen LogP contribution in [0.15, 0.2) is 45.3 Å². The molecule has 0 saturated heterocycles. The summed E-state index contributed by atoms with van der Waals surface area (Å²) in [7, 11) is 0. The molecule has 2 aromatic rings. The molecule has 19 heavy (non-hydrogen) atoms. The number of rotatable bonds is 4. The number of nitrogens with zero attached hydrogens (tertiary/aromatic N) is 1. The average molecular weight is 326 g/mol. The van der Waals surface area contributed by atoms with Crippen LogP contribution in [0.2, 0.25) is 0 Å². The normalized spacial score (nSPS) is 9.95. The summed E-state index contributed by atoms with van der Waals surface area (Å²) in [5.74, 6) is -1.22. The molecule has 0 atom stereocenters. The van der Waals surface area contributed by atoms with Crippen LogP contribution in [0.5, 0.6) is 0 Å².